The summed E-state index contributed by atoms with van der Waals surface area (Å²) in [4.78, 5) is 14.2. The Hall–Kier alpha value is -2.53. The van der Waals surface area contributed by atoms with Gasteiger partial charge in [0.2, 0.25) is 0 Å². The fourth-order valence-electron chi connectivity index (χ4n) is 4.07. The highest BCUT2D eigenvalue weighted by Gasteiger charge is 2.26. The quantitative estimate of drug-likeness (QED) is 0.568. The third-order valence-electron chi connectivity index (χ3n) is 5.44. The maximum Gasteiger partial charge on any atom is 0.319 e. The molecule has 1 aliphatic carbocycles. The molecule has 0 radical (unpaired) electrons. The van der Waals surface area contributed by atoms with Gasteiger partial charge in [0.15, 0.2) is 0 Å². The third kappa shape index (κ3) is 3.72. The number of hydrogen-bond acceptors (Lipinski definition) is 2. The van der Waals surface area contributed by atoms with Gasteiger partial charge >= 0.3 is 6.03 Å². The fraction of sp³-hybridized carbons (Fsp3) is 0.348. The van der Waals surface area contributed by atoms with E-state index in [-0.39, 0.29) is 12.1 Å². The predicted octanol–water partition coefficient (Wildman–Crippen LogP) is 5.92. The zero-order valence-electron chi connectivity index (χ0n) is 16.7. The molecule has 1 aliphatic rings. The van der Waals surface area contributed by atoms with E-state index in [9.17, 15) is 4.79 Å². The minimum absolute atomic E-state index is 0.0544. The molecule has 2 heterocycles. The number of aromatic nitrogens is 1. The lowest BCUT2D eigenvalue weighted by Crippen LogP contribution is -2.32. The van der Waals surface area contributed by atoms with Crippen molar-refractivity contribution in [1.29, 1.82) is 0 Å². The van der Waals surface area contributed by atoms with Crippen LogP contribution in [0.3, 0.4) is 0 Å². The van der Waals surface area contributed by atoms with Crippen molar-refractivity contribution in [2.24, 2.45) is 0 Å². The first-order valence-corrected chi connectivity index (χ1v) is 10.8. The maximum absolute atomic E-state index is 12.7. The Bertz CT molecular complexity index is 988. The molecule has 2 N–H and O–H groups in total. The summed E-state index contributed by atoms with van der Waals surface area (Å²) in [5, 5.41) is 7.41. The van der Waals surface area contributed by atoms with Gasteiger partial charge < -0.3 is 15.2 Å². The first kappa shape index (κ1) is 18.8. The van der Waals surface area contributed by atoms with Gasteiger partial charge in [-0.1, -0.05) is 17.7 Å². The standard InChI is InChI=1S/C23H27N3OS/c1-15-10-11-19(16(2)14-15)25-23(27)24-17(3)21-18-8-4-5-9-20(18)28-22(21)26-12-6-7-13-26/h6-7,10-14,17H,4-5,8-9H2,1-3H3,(H2,24,25,27)/t17-/m0/s1. The van der Waals surface area contributed by atoms with Gasteiger partial charge in [-0.15, -0.1) is 11.3 Å². The normalized spacial score (nSPS) is 14.4. The van der Waals surface area contributed by atoms with E-state index in [1.165, 1.54) is 39.4 Å². The minimum atomic E-state index is -0.159. The molecule has 0 unspecified atom stereocenters. The second-order valence-corrected chi connectivity index (χ2v) is 8.74. The van der Waals surface area contributed by atoms with Gasteiger partial charge in [0, 0.05) is 28.5 Å². The first-order chi connectivity index (χ1) is 13.5. The molecule has 5 heteroatoms. The number of amides is 2. The molecule has 4 nitrogen and oxygen atoms in total. The average Bonchev–Trinajstić information content (AvgIpc) is 3.31. The molecule has 28 heavy (non-hydrogen) atoms. The Morgan fingerprint density at radius 1 is 1.14 bits per heavy atom. The molecule has 0 fully saturated rings. The number of rotatable bonds is 4. The van der Waals surface area contributed by atoms with E-state index < -0.39 is 0 Å². The van der Waals surface area contributed by atoms with Gasteiger partial charge in [0.05, 0.1) is 6.04 Å². The smallest absolute Gasteiger partial charge is 0.319 e. The molecule has 0 bridgehead atoms. The van der Waals surface area contributed by atoms with E-state index in [2.05, 4.69) is 47.5 Å². The number of thiophene rings is 1. The molecule has 0 aliphatic heterocycles. The van der Waals surface area contributed by atoms with Crippen LogP contribution in [0.2, 0.25) is 0 Å². The van der Waals surface area contributed by atoms with Crippen LogP contribution in [0.5, 0.6) is 0 Å². The number of anilines is 1. The molecular formula is C23H27N3OS. The number of nitrogens with one attached hydrogen (secondary N) is 2. The molecule has 3 aromatic rings. The van der Waals surface area contributed by atoms with Gasteiger partial charge in [0.25, 0.3) is 0 Å². The van der Waals surface area contributed by atoms with Gasteiger partial charge in [-0.2, -0.15) is 0 Å². The summed E-state index contributed by atoms with van der Waals surface area (Å²) in [6.45, 7) is 6.17. The molecule has 2 amide bonds. The molecule has 1 aromatic carbocycles. The Morgan fingerprint density at radius 3 is 2.64 bits per heavy atom. The number of benzene rings is 1. The van der Waals surface area contributed by atoms with Crippen LogP contribution in [-0.2, 0) is 12.8 Å². The van der Waals surface area contributed by atoms with Gasteiger partial charge in [-0.05, 0) is 75.8 Å². The number of carbonyl (C=O) groups is 1. The number of fused-ring (bicyclic) bond motifs is 1. The largest absolute Gasteiger partial charge is 0.331 e. The Labute approximate surface area is 170 Å². The number of nitrogens with zero attached hydrogens (tertiary/aromatic N) is 1. The van der Waals surface area contributed by atoms with Crippen LogP contribution < -0.4 is 10.6 Å². The van der Waals surface area contributed by atoms with Gasteiger partial charge in [0.1, 0.15) is 5.00 Å². The van der Waals surface area contributed by atoms with Gasteiger partial charge in [-0.25, -0.2) is 4.79 Å². The van der Waals surface area contributed by atoms with Crippen LogP contribution in [0, 0.1) is 13.8 Å². The van der Waals surface area contributed by atoms with E-state index >= 15 is 0 Å². The van der Waals surface area contributed by atoms with E-state index in [0.717, 1.165) is 24.1 Å². The Kier molecular flexibility index (Phi) is 5.27. The molecular weight excluding hydrogens is 366 g/mol. The second kappa shape index (κ2) is 7.84. The zero-order valence-corrected chi connectivity index (χ0v) is 17.5. The second-order valence-electron chi connectivity index (χ2n) is 7.66. The van der Waals surface area contributed by atoms with Crippen molar-refractivity contribution in [2.45, 2.75) is 52.5 Å². The highest BCUT2D eigenvalue weighted by atomic mass is 32.1. The topological polar surface area (TPSA) is 46.1 Å². The maximum atomic E-state index is 12.7. The number of aryl methyl sites for hydroxylation is 3. The fourth-order valence-corrected chi connectivity index (χ4v) is 5.52. The Morgan fingerprint density at radius 2 is 1.89 bits per heavy atom. The zero-order chi connectivity index (χ0) is 19.7. The molecule has 4 rings (SSSR count). The molecule has 2 aromatic heterocycles. The predicted molar refractivity (Wildman–Crippen MR) is 117 cm³/mol. The van der Waals surface area contributed by atoms with Crippen molar-refractivity contribution >= 4 is 23.1 Å². The summed E-state index contributed by atoms with van der Waals surface area (Å²) in [5.41, 5.74) is 5.83. The van der Waals surface area contributed by atoms with Crippen molar-refractivity contribution < 1.29 is 4.79 Å². The minimum Gasteiger partial charge on any atom is -0.331 e. The van der Waals surface area contributed by atoms with Crippen LogP contribution in [-0.4, -0.2) is 10.6 Å². The summed E-state index contributed by atoms with van der Waals surface area (Å²) in [6, 6.07) is 9.95. The lowest BCUT2D eigenvalue weighted by atomic mass is 9.93. The Balaban J connectivity index is 1.58. The molecule has 0 saturated heterocycles. The number of carbonyl (C=O) groups excluding carboxylic acids is 1. The van der Waals surface area contributed by atoms with E-state index in [1.54, 1.807) is 0 Å². The SMILES string of the molecule is Cc1ccc(NC(=O)N[C@@H](C)c2c(-n3cccc3)sc3c2CCCC3)c(C)c1. The highest BCUT2D eigenvalue weighted by Crippen LogP contribution is 2.40. The van der Waals surface area contributed by atoms with E-state index in [4.69, 9.17) is 0 Å². The van der Waals surface area contributed by atoms with Crippen molar-refractivity contribution in [3.05, 3.63) is 69.9 Å². The first-order valence-electron chi connectivity index (χ1n) is 9.95. The summed E-state index contributed by atoms with van der Waals surface area (Å²) in [6.07, 6.45) is 8.91. The highest BCUT2D eigenvalue weighted by molar-refractivity contribution is 7.15. The molecule has 146 valence electrons. The van der Waals surface area contributed by atoms with Crippen LogP contribution in [0.15, 0.2) is 42.7 Å². The van der Waals surface area contributed by atoms with Crippen molar-refractivity contribution in [3.8, 4) is 5.00 Å². The monoisotopic (exact) mass is 393 g/mol. The lowest BCUT2D eigenvalue weighted by molar-refractivity contribution is 0.249. The van der Waals surface area contributed by atoms with Crippen LogP contribution in [0.25, 0.3) is 5.00 Å². The molecule has 0 saturated carbocycles. The van der Waals surface area contributed by atoms with Crippen molar-refractivity contribution in [1.82, 2.24) is 9.88 Å². The summed E-state index contributed by atoms with van der Waals surface area (Å²) >= 11 is 1.87. The third-order valence-corrected chi connectivity index (χ3v) is 6.76. The summed E-state index contributed by atoms with van der Waals surface area (Å²) < 4.78 is 2.18. The average molecular weight is 394 g/mol. The number of urea groups is 1. The van der Waals surface area contributed by atoms with Crippen LogP contribution >= 0.6 is 11.3 Å². The molecule has 0 spiro atoms. The number of hydrogen-bond donors (Lipinski definition) is 2. The summed E-state index contributed by atoms with van der Waals surface area (Å²) in [5.74, 6) is 0. The van der Waals surface area contributed by atoms with Crippen molar-refractivity contribution in [2.75, 3.05) is 5.32 Å². The molecule has 1 atom stereocenters. The van der Waals surface area contributed by atoms with E-state index in [1.807, 2.05) is 42.5 Å². The van der Waals surface area contributed by atoms with Crippen LogP contribution in [0.4, 0.5) is 10.5 Å². The van der Waals surface area contributed by atoms with E-state index in [0.29, 0.717) is 0 Å². The summed E-state index contributed by atoms with van der Waals surface area (Å²) in [7, 11) is 0. The van der Waals surface area contributed by atoms with Crippen LogP contribution in [0.1, 0.15) is 52.9 Å². The van der Waals surface area contributed by atoms with Crippen molar-refractivity contribution in [3.63, 3.8) is 0 Å². The lowest BCUT2D eigenvalue weighted by Gasteiger charge is -2.20. The van der Waals surface area contributed by atoms with Gasteiger partial charge in [-0.3, -0.25) is 0 Å².